The van der Waals surface area contributed by atoms with Gasteiger partial charge in [0, 0.05) is 11.3 Å². The van der Waals surface area contributed by atoms with Crippen molar-refractivity contribution in [2.24, 2.45) is 5.10 Å². The molecule has 2 aromatic carbocycles. The van der Waals surface area contributed by atoms with Crippen molar-refractivity contribution in [1.29, 1.82) is 0 Å². The van der Waals surface area contributed by atoms with Gasteiger partial charge in [0.1, 0.15) is 11.5 Å². The van der Waals surface area contributed by atoms with Gasteiger partial charge in [-0.1, -0.05) is 18.2 Å². The number of methoxy groups -OCH3 is 3. The Kier molecular flexibility index (Phi) is 9.22. The van der Waals surface area contributed by atoms with Crippen molar-refractivity contribution in [3.63, 3.8) is 0 Å². The van der Waals surface area contributed by atoms with E-state index in [0.717, 1.165) is 5.56 Å². The van der Waals surface area contributed by atoms with Gasteiger partial charge in [-0.25, -0.2) is 19.8 Å². The number of benzene rings is 2. The molecule has 0 spiro atoms. The molecule has 0 aliphatic carbocycles. The molecule has 3 aromatic rings. The normalized spacial score (nSPS) is 14.6. The molecule has 13 nitrogen and oxygen atoms in total. The van der Waals surface area contributed by atoms with E-state index in [1.165, 1.54) is 27.5 Å². The van der Waals surface area contributed by atoms with Crippen LogP contribution in [0.15, 0.2) is 75.4 Å². The standard InChI is InChI=1S/C29H28N4O9/c1-16-25(28(36)40-4)26(32-29(37)31-16)19-9-11-22(23(13-19)38-2)41-15-24(34)33-30-14-20-10-12-21(42-20)17-5-7-18(8-6-17)27(35)39-3/h5-14,26H,15H2,1-4H3,(H,33,34)(H2,31,32,37)/b30-14-/t26-/m0/s1. The summed E-state index contributed by atoms with van der Waals surface area (Å²) in [5, 5.41) is 9.14. The number of nitrogens with zero attached hydrogens (tertiary/aromatic N) is 1. The zero-order valence-corrected chi connectivity index (χ0v) is 23.2. The van der Waals surface area contributed by atoms with Crippen molar-refractivity contribution < 1.29 is 42.5 Å². The van der Waals surface area contributed by atoms with Crippen molar-refractivity contribution in [3.8, 4) is 22.8 Å². The quantitative estimate of drug-likeness (QED) is 0.187. The average molecular weight is 577 g/mol. The first kappa shape index (κ1) is 29.4. The summed E-state index contributed by atoms with van der Waals surface area (Å²) in [4.78, 5) is 48.3. The lowest BCUT2D eigenvalue weighted by molar-refractivity contribution is -0.136. The van der Waals surface area contributed by atoms with E-state index < -0.39 is 29.9 Å². The largest absolute Gasteiger partial charge is 0.493 e. The molecule has 0 saturated carbocycles. The molecule has 218 valence electrons. The fourth-order valence-electron chi connectivity index (χ4n) is 4.12. The smallest absolute Gasteiger partial charge is 0.337 e. The lowest BCUT2D eigenvalue weighted by Crippen LogP contribution is -2.45. The second-order valence-corrected chi connectivity index (χ2v) is 8.82. The maximum absolute atomic E-state index is 12.3. The summed E-state index contributed by atoms with van der Waals surface area (Å²) in [7, 11) is 3.99. The highest BCUT2D eigenvalue weighted by Crippen LogP contribution is 2.34. The van der Waals surface area contributed by atoms with Gasteiger partial charge < -0.3 is 34.0 Å². The summed E-state index contributed by atoms with van der Waals surface area (Å²) in [6, 6.07) is 13.7. The zero-order chi connectivity index (χ0) is 30.2. The summed E-state index contributed by atoms with van der Waals surface area (Å²) in [6.07, 6.45) is 1.33. The fourth-order valence-corrected chi connectivity index (χ4v) is 4.12. The van der Waals surface area contributed by atoms with E-state index in [2.05, 4.69) is 21.2 Å². The van der Waals surface area contributed by atoms with Crippen LogP contribution in [0.5, 0.6) is 11.5 Å². The first-order valence-corrected chi connectivity index (χ1v) is 12.5. The number of nitrogens with one attached hydrogen (secondary N) is 3. The molecule has 42 heavy (non-hydrogen) atoms. The number of amides is 3. The van der Waals surface area contributed by atoms with Crippen LogP contribution < -0.4 is 25.5 Å². The monoisotopic (exact) mass is 576 g/mol. The molecule has 13 heteroatoms. The minimum Gasteiger partial charge on any atom is -0.493 e. The third-order valence-corrected chi connectivity index (χ3v) is 6.15. The van der Waals surface area contributed by atoms with Gasteiger partial charge >= 0.3 is 18.0 Å². The van der Waals surface area contributed by atoms with Crippen LogP contribution in [0.2, 0.25) is 0 Å². The molecule has 2 heterocycles. The molecule has 3 amide bonds. The number of rotatable bonds is 10. The van der Waals surface area contributed by atoms with Gasteiger partial charge in [-0.2, -0.15) is 5.10 Å². The molecule has 4 rings (SSSR count). The predicted octanol–water partition coefficient (Wildman–Crippen LogP) is 3.07. The Morgan fingerprint density at radius 3 is 2.40 bits per heavy atom. The molecular formula is C29H28N4O9. The second-order valence-electron chi connectivity index (χ2n) is 8.82. The van der Waals surface area contributed by atoms with E-state index in [4.69, 9.17) is 23.4 Å². The molecule has 1 aliphatic rings. The summed E-state index contributed by atoms with van der Waals surface area (Å²) >= 11 is 0. The summed E-state index contributed by atoms with van der Waals surface area (Å²) in [6.45, 7) is 1.23. The lowest BCUT2D eigenvalue weighted by Gasteiger charge is -2.28. The van der Waals surface area contributed by atoms with Crippen molar-refractivity contribution >= 4 is 30.1 Å². The lowest BCUT2D eigenvalue weighted by atomic mass is 9.95. The minimum absolute atomic E-state index is 0.241. The van der Waals surface area contributed by atoms with E-state index in [-0.39, 0.29) is 23.7 Å². The van der Waals surface area contributed by atoms with Gasteiger partial charge in [-0.3, -0.25) is 4.79 Å². The Balaban J connectivity index is 1.35. The molecular weight excluding hydrogens is 548 g/mol. The van der Waals surface area contributed by atoms with E-state index >= 15 is 0 Å². The molecule has 0 bridgehead atoms. The van der Waals surface area contributed by atoms with Crippen LogP contribution in [0.25, 0.3) is 11.3 Å². The number of allylic oxidation sites excluding steroid dienone is 1. The summed E-state index contributed by atoms with van der Waals surface area (Å²) in [5.74, 6) is -0.0946. The maximum atomic E-state index is 12.3. The van der Waals surface area contributed by atoms with Crippen molar-refractivity contribution in [1.82, 2.24) is 16.1 Å². The third kappa shape index (κ3) is 6.75. The molecule has 0 saturated heterocycles. The number of hydrazone groups is 1. The second kappa shape index (κ2) is 13.2. The van der Waals surface area contributed by atoms with Crippen LogP contribution in [0.3, 0.4) is 0 Å². The number of esters is 2. The first-order valence-electron chi connectivity index (χ1n) is 12.5. The summed E-state index contributed by atoms with van der Waals surface area (Å²) < 4.78 is 26.3. The maximum Gasteiger partial charge on any atom is 0.337 e. The van der Waals surface area contributed by atoms with Crippen molar-refractivity contribution in [3.05, 3.63) is 82.8 Å². The van der Waals surface area contributed by atoms with Gasteiger partial charge in [-0.05, 0) is 48.9 Å². The fraction of sp³-hybridized carbons (Fsp3) is 0.207. The molecule has 0 unspecified atom stereocenters. The number of hydrogen-bond donors (Lipinski definition) is 3. The van der Waals surface area contributed by atoms with Gasteiger partial charge in [0.05, 0.1) is 44.7 Å². The van der Waals surface area contributed by atoms with Crippen LogP contribution in [0.1, 0.15) is 34.6 Å². The average Bonchev–Trinajstić information content (AvgIpc) is 3.47. The Labute approximate surface area is 240 Å². The molecule has 1 aromatic heterocycles. The molecule has 0 fully saturated rings. The van der Waals surface area contributed by atoms with E-state index in [9.17, 15) is 19.2 Å². The van der Waals surface area contributed by atoms with Gasteiger partial charge in [-0.15, -0.1) is 0 Å². The Morgan fingerprint density at radius 1 is 0.976 bits per heavy atom. The van der Waals surface area contributed by atoms with E-state index in [1.54, 1.807) is 61.5 Å². The van der Waals surface area contributed by atoms with E-state index in [0.29, 0.717) is 28.3 Å². The molecule has 3 N–H and O–H groups in total. The highest BCUT2D eigenvalue weighted by atomic mass is 16.5. The Hall–Kier alpha value is -5.59. The number of urea groups is 1. The first-order chi connectivity index (χ1) is 20.2. The Bertz CT molecular complexity index is 1560. The van der Waals surface area contributed by atoms with Crippen LogP contribution in [-0.4, -0.2) is 58.0 Å². The predicted molar refractivity (Wildman–Crippen MR) is 149 cm³/mol. The summed E-state index contributed by atoms with van der Waals surface area (Å²) in [5.41, 5.74) is 4.67. The number of furan rings is 1. The van der Waals surface area contributed by atoms with Gasteiger partial charge in [0.15, 0.2) is 18.1 Å². The number of carbonyl (C=O) groups is 4. The van der Waals surface area contributed by atoms with Crippen molar-refractivity contribution in [2.75, 3.05) is 27.9 Å². The topological polar surface area (TPSA) is 167 Å². The number of carbonyl (C=O) groups excluding carboxylic acids is 4. The number of hydrogen-bond acceptors (Lipinski definition) is 10. The highest BCUT2D eigenvalue weighted by Gasteiger charge is 2.32. The van der Waals surface area contributed by atoms with Gasteiger partial charge in [0.25, 0.3) is 5.91 Å². The van der Waals surface area contributed by atoms with Crippen LogP contribution in [0.4, 0.5) is 4.79 Å². The molecule has 1 aliphatic heterocycles. The highest BCUT2D eigenvalue weighted by molar-refractivity contribution is 5.95. The van der Waals surface area contributed by atoms with Crippen molar-refractivity contribution in [2.45, 2.75) is 13.0 Å². The van der Waals surface area contributed by atoms with Crippen LogP contribution >= 0.6 is 0 Å². The third-order valence-electron chi connectivity index (χ3n) is 6.15. The van der Waals surface area contributed by atoms with Crippen LogP contribution in [0, 0.1) is 0 Å². The molecule has 0 radical (unpaired) electrons. The van der Waals surface area contributed by atoms with Gasteiger partial charge in [0.2, 0.25) is 0 Å². The van der Waals surface area contributed by atoms with Crippen LogP contribution in [-0.2, 0) is 19.1 Å². The Morgan fingerprint density at radius 2 is 1.71 bits per heavy atom. The minimum atomic E-state index is -0.784. The van der Waals surface area contributed by atoms with E-state index in [1.807, 2.05) is 0 Å². The molecule has 1 atom stereocenters. The SMILES string of the molecule is COC(=O)C1=C(C)NC(=O)N[C@H]1c1ccc(OCC(=O)N/N=C\c2ccc(-c3ccc(C(=O)OC)cc3)o2)c(OC)c1. The number of ether oxygens (including phenoxy) is 4. The zero-order valence-electron chi connectivity index (χ0n) is 23.2.